The minimum Gasteiger partial charge on any atom is -0.465 e. The number of methoxy groups -OCH3 is 1. The third-order valence-corrected chi connectivity index (χ3v) is 1.82. The number of rotatable bonds is 3. The standard InChI is InChI=1S/C11H8F2O3/c1-16-11(15)10-8(12)5-7(3-2-4-14)6-9(10)13/h2-6H,1H3. The largest absolute Gasteiger partial charge is 0.465 e. The zero-order valence-electron chi connectivity index (χ0n) is 8.37. The fraction of sp³-hybridized carbons (Fsp3) is 0.0909. The Bertz CT molecular complexity index is 430. The van der Waals surface area contributed by atoms with Gasteiger partial charge in [-0.05, 0) is 23.8 Å². The lowest BCUT2D eigenvalue weighted by atomic mass is 10.1. The molecule has 0 spiro atoms. The van der Waals surface area contributed by atoms with Gasteiger partial charge in [0.25, 0.3) is 0 Å². The summed E-state index contributed by atoms with van der Waals surface area (Å²) in [6.07, 6.45) is 2.79. The molecule has 0 fully saturated rings. The van der Waals surface area contributed by atoms with Gasteiger partial charge in [0, 0.05) is 0 Å². The Labute approximate surface area is 90.3 Å². The van der Waals surface area contributed by atoms with Crippen LogP contribution in [0.2, 0.25) is 0 Å². The molecule has 16 heavy (non-hydrogen) atoms. The van der Waals surface area contributed by atoms with Crippen molar-refractivity contribution in [1.82, 2.24) is 0 Å². The number of halogens is 2. The van der Waals surface area contributed by atoms with Crippen molar-refractivity contribution in [2.45, 2.75) is 0 Å². The van der Waals surface area contributed by atoms with E-state index in [9.17, 15) is 18.4 Å². The van der Waals surface area contributed by atoms with Gasteiger partial charge in [-0.2, -0.15) is 0 Å². The molecule has 1 rings (SSSR count). The summed E-state index contributed by atoms with van der Waals surface area (Å²) in [5, 5.41) is 0. The van der Waals surface area contributed by atoms with Gasteiger partial charge < -0.3 is 4.74 Å². The lowest BCUT2D eigenvalue weighted by Crippen LogP contribution is -2.08. The minimum absolute atomic E-state index is 0.148. The Morgan fingerprint density at radius 3 is 2.31 bits per heavy atom. The summed E-state index contributed by atoms with van der Waals surface area (Å²) in [5.41, 5.74) is -0.597. The second-order valence-corrected chi connectivity index (χ2v) is 2.85. The highest BCUT2D eigenvalue weighted by Crippen LogP contribution is 2.17. The summed E-state index contributed by atoms with van der Waals surface area (Å²) in [6, 6.07) is 1.88. The number of benzene rings is 1. The van der Waals surface area contributed by atoms with Crippen LogP contribution in [0.15, 0.2) is 18.2 Å². The maximum absolute atomic E-state index is 13.3. The third-order valence-electron chi connectivity index (χ3n) is 1.82. The molecule has 0 heterocycles. The lowest BCUT2D eigenvalue weighted by molar-refractivity contribution is -0.104. The van der Waals surface area contributed by atoms with Crippen molar-refractivity contribution in [1.29, 1.82) is 0 Å². The molecule has 0 bridgehead atoms. The Hall–Kier alpha value is -2.04. The summed E-state index contributed by atoms with van der Waals surface area (Å²) in [6.45, 7) is 0. The minimum atomic E-state index is -1.08. The Morgan fingerprint density at radius 2 is 1.88 bits per heavy atom. The molecule has 0 atom stereocenters. The van der Waals surface area contributed by atoms with Gasteiger partial charge >= 0.3 is 5.97 Å². The Kier molecular flexibility index (Phi) is 3.88. The van der Waals surface area contributed by atoms with Gasteiger partial charge in [0.2, 0.25) is 0 Å². The third kappa shape index (κ3) is 2.50. The molecule has 0 aliphatic carbocycles. The van der Waals surface area contributed by atoms with Crippen molar-refractivity contribution >= 4 is 18.3 Å². The average Bonchev–Trinajstić information content (AvgIpc) is 2.25. The first-order chi connectivity index (χ1) is 7.60. The highest BCUT2D eigenvalue weighted by molar-refractivity contribution is 5.90. The Balaban J connectivity index is 3.22. The van der Waals surface area contributed by atoms with Gasteiger partial charge in [0.05, 0.1) is 7.11 Å². The van der Waals surface area contributed by atoms with Gasteiger partial charge in [0.15, 0.2) is 0 Å². The quantitative estimate of drug-likeness (QED) is 0.449. The van der Waals surface area contributed by atoms with Crippen LogP contribution in [0.5, 0.6) is 0 Å². The van der Waals surface area contributed by atoms with Gasteiger partial charge in [-0.3, -0.25) is 4.79 Å². The highest BCUT2D eigenvalue weighted by Gasteiger charge is 2.18. The summed E-state index contributed by atoms with van der Waals surface area (Å²) < 4.78 is 30.9. The lowest BCUT2D eigenvalue weighted by Gasteiger charge is -2.03. The van der Waals surface area contributed by atoms with Crippen LogP contribution < -0.4 is 0 Å². The van der Waals surface area contributed by atoms with E-state index in [1.54, 1.807) is 0 Å². The van der Waals surface area contributed by atoms with Gasteiger partial charge in [0.1, 0.15) is 23.5 Å². The van der Waals surface area contributed by atoms with Crippen molar-refractivity contribution in [3.63, 3.8) is 0 Å². The zero-order chi connectivity index (χ0) is 12.1. The zero-order valence-corrected chi connectivity index (χ0v) is 8.37. The molecule has 0 radical (unpaired) electrons. The second-order valence-electron chi connectivity index (χ2n) is 2.85. The van der Waals surface area contributed by atoms with E-state index in [1.165, 1.54) is 6.08 Å². The van der Waals surface area contributed by atoms with E-state index in [0.29, 0.717) is 6.29 Å². The second kappa shape index (κ2) is 5.16. The topological polar surface area (TPSA) is 43.4 Å². The van der Waals surface area contributed by atoms with Gasteiger partial charge in [-0.15, -0.1) is 0 Å². The van der Waals surface area contributed by atoms with Crippen LogP contribution >= 0.6 is 0 Å². The smallest absolute Gasteiger partial charge is 0.343 e. The van der Waals surface area contributed by atoms with Crippen LogP contribution in [0.3, 0.4) is 0 Å². The molecule has 1 aromatic rings. The summed E-state index contributed by atoms with van der Waals surface area (Å²) in [5.74, 6) is -3.14. The van der Waals surface area contributed by atoms with Crippen molar-refractivity contribution in [2.75, 3.05) is 7.11 Å². The molecule has 0 saturated heterocycles. The molecule has 0 saturated carbocycles. The van der Waals surface area contributed by atoms with Crippen molar-refractivity contribution in [3.8, 4) is 0 Å². The summed E-state index contributed by atoms with van der Waals surface area (Å²) in [4.78, 5) is 21.0. The van der Waals surface area contributed by atoms with E-state index in [0.717, 1.165) is 25.3 Å². The summed E-state index contributed by atoms with van der Waals surface area (Å²) in [7, 11) is 1.03. The molecular weight excluding hydrogens is 218 g/mol. The van der Waals surface area contributed by atoms with Crippen LogP contribution in [0.4, 0.5) is 8.78 Å². The molecule has 0 aliphatic heterocycles. The first-order valence-electron chi connectivity index (χ1n) is 4.29. The molecule has 0 N–H and O–H groups in total. The first kappa shape index (κ1) is 12.0. The molecule has 0 unspecified atom stereocenters. The van der Waals surface area contributed by atoms with Crippen LogP contribution in [0.1, 0.15) is 15.9 Å². The van der Waals surface area contributed by atoms with E-state index in [1.807, 2.05) is 0 Å². The number of esters is 1. The van der Waals surface area contributed by atoms with Crippen molar-refractivity contribution in [3.05, 3.63) is 41.0 Å². The monoisotopic (exact) mass is 226 g/mol. The summed E-state index contributed by atoms with van der Waals surface area (Å²) >= 11 is 0. The van der Waals surface area contributed by atoms with Crippen LogP contribution in [0.25, 0.3) is 6.08 Å². The molecule has 5 heteroatoms. The molecule has 0 aromatic heterocycles. The fourth-order valence-electron chi connectivity index (χ4n) is 1.14. The van der Waals surface area contributed by atoms with Crippen LogP contribution in [-0.2, 0) is 9.53 Å². The molecule has 1 aromatic carbocycles. The van der Waals surface area contributed by atoms with E-state index in [-0.39, 0.29) is 5.56 Å². The number of carbonyl (C=O) groups excluding carboxylic acids is 2. The highest BCUT2D eigenvalue weighted by atomic mass is 19.1. The molecule has 0 aliphatic rings. The van der Waals surface area contributed by atoms with E-state index < -0.39 is 23.2 Å². The van der Waals surface area contributed by atoms with E-state index in [4.69, 9.17) is 0 Å². The van der Waals surface area contributed by atoms with Gasteiger partial charge in [-0.25, -0.2) is 13.6 Å². The normalized spacial score (nSPS) is 10.4. The van der Waals surface area contributed by atoms with E-state index in [2.05, 4.69) is 4.74 Å². The first-order valence-corrected chi connectivity index (χ1v) is 4.29. The molecule has 0 amide bonds. The molecule has 84 valence electrons. The van der Waals surface area contributed by atoms with Crippen molar-refractivity contribution < 1.29 is 23.1 Å². The van der Waals surface area contributed by atoms with Crippen molar-refractivity contribution in [2.24, 2.45) is 0 Å². The maximum atomic E-state index is 13.3. The predicted octanol–water partition coefficient (Wildman–Crippen LogP) is 1.96. The maximum Gasteiger partial charge on any atom is 0.343 e. The molecule has 3 nitrogen and oxygen atoms in total. The Morgan fingerprint density at radius 1 is 1.31 bits per heavy atom. The molecular formula is C11H8F2O3. The number of ether oxygens (including phenoxy) is 1. The van der Waals surface area contributed by atoms with Crippen LogP contribution in [0, 0.1) is 11.6 Å². The number of hydrogen-bond acceptors (Lipinski definition) is 3. The van der Waals surface area contributed by atoms with E-state index >= 15 is 0 Å². The number of carbonyl (C=O) groups is 2. The SMILES string of the molecule is COC(=O)c1c(F)cc(C=CC=O)cc1F. The number of hydrogen-bond donors (Lipinski definition) is 0. The van der Waals surface area contributed by atoms with Crippen LogP contribution in [-0.4, -0.2) is 19.4 Å². The fourth-order valence-corrected chi connectivity index (χ4v) is 1.14. The number of allylic oxidation sites excluding steroid dienone is 1. The number of aldehydes is 1. The predicted molar refractivity (Wildman–Crippen MR) is 52.8 cm³/mol. The van der Waals surface area contributed by atoms with Gasteiger partial charge in [-0.1, -0.05) is 6.08 Å². The average molecular weight is 226 g/mol.